The molecule has 0 spiro atoms. The second-order valence-corrected chi connectivity index (χ2v) is 3.13. The summed E-state index contributed by atoms with van der Waals surface area (Å²) in [4.78, 5) is 0. The first-order chi connectivity index (χ1) is 6.22. The summed E-state index contributed by atoms with van der Waals surface area (Å²) in [5.41, 5.74) is 11.4. The van der Waals surface area contributed by atoms with Crippen molar-refractivity contribution in [2.45, 2.75) is 31.8 Å². The molecule has 0 unspecified atom stereocenters. The lowest BCUT2D eigenvalue weighted by Crippen LogP contribution is -2.23. The second-order valence-electron chi connectivity index (χ2n) is 3.13. The molecule has 0 aromatic heterocycles. The van der Waals surface area contributed by atoms with E-state index in [0.29, 0.717) is 6.10 Å². The van der Waals surface area contributed by atoms with Crippen LogP contribution in [0.3, 0.4) is 0 Å². The molecule has 1 aliphatic carbocycles. The molecule has 13 heavy (non-hydrogen) atoms. The molecule has 1 aliphatic rings. The largest absolute Gasteiger partial charge is 0.381 e. The van der Waals surface area contributed by atoms with Crippen LogP contribution in [0.4, 0.5) is 0 Å². The Morgan fingerprint density at radius 2 is 2.00 bits per heavy atom. The van der Waals surface area contributed by atoms with E-state index in [1.165, 1.54) is 0 Å². The summed E-state index contributed by atoms with van der Waals surface area (Å²) in [5, 5.41) is 7.57. The summed E-state index contributed by atoms with van der Waals surface area (Å²) in [6.07, 6.45) is 4.24. The van der Waals surface area contributed by atoms with Crippen LogP contribution in [0.15, 0.2) is 10.2 Å². The smallest absolute Gasteiger partial charge is 0.211 e. The molecule has 5 heteroatoms. The van der Waals surface area contributed by atoms with Crippen LogP contribution in [0, 0.1) is 0 Å². The van der Waals surface area contributed by atoms with Gasteiger partial charge in [-0.3, -0.25) is 0 Å². The highest BCUT2D eigenvalue weighted by Crippen LogP contribution is 2.18. The number of nitrogens with two attached hydrogens (primary N) is 2. The topological polar surface area (TPSA) is 86.0 Å². The van der Waals surface area contributed by atoms with Gasteiger partial charge in [0.15, 0.2) is 0 Å². The predicted molar refractivity (Wildman–Crippen MR) is 52.5 cm³/mol. The average Bonchev–Trinajstić information content (AvgIpc) is 2.15. The van der Waals surface area contributed by atoms with Crippen LogP contribution in [0.25, 0.3) is 0 Å². The van der Waals surface area contributed by atoms with Crippen LogP contribution in [-0.4, -0.2) is 24.9 Å². The van der Waals surface area contributed by atoms with E-state index >= 15 is 0 Å². The van der Waals surface area contributed by atoms with Crippen LogP contribution in [0.5, 0.6) is 0 Å². The monoisotopic (exact) mass is 184 g/mol. The normalized spacial score (nSPS) is 22.5. The number of hydrogen-bond acceptors (Lipinski definition) is 3. The average molecular weight is 184 g/mol. The standard InChI is InChI=1S/C8H16N4O/c1-13-7-4-2-6(3-5-7)11-12-8(9)10/h7H,2-5H2,1H3,(H4,9,10,12). The molecule has 0 saturated heterocycles. The van der Waals surface area contributed by atoms with Gasteiger partial charge >= 0.3 is 0 Å². The Morgan fingerprint density at radius 1 is 1.38 bits per heavy atom. The zero-order chi connectivity index (χ0) is 9.68. The maximum atomic E-state index is 5.22. The summed E-state index contributed by atoms with van der Waals surface area (Å²) in [6.45, 7) is 0. The Hall–Kier alpha value is -1.10. The van der Waals surface area contributed by atoms with Gasteiger partial charge in [0.1, 0.15) is 0 Å². The molecule has 0 aromatic rings. The molecule has 74 valence electrons. The van der Waals surface area contributed by atoms with E-state index in [0.717, 1.165) is 31.4 Å². The summed E-state index contributed by atoms with van der Waals surface area (Å²) < 4.78 is 5.22. The highest BCUT2D eigenvalue weighted by molar-refractivity contribution is 5.86. The lowest BCUT2D eigenvalue weighted by atomic mass is 9.96. The van der Waals surface area contributed by atoms with E-state index in [-0.39, 0.29) is 5.96 Å². The van der Waals surface area contributed by atoms with Crippen LogP contribution < -0.4 is 11.5 Å². The zero-order valence-electron chi connectivity index (χ0n) is 7.86. The minimum atomic E-state index is 0.0152. The molecule has 1 rings (SSSR count). The lowest BCUT2D eigenvalue weighted by Gasteiger charge is -2.20. The van der Waals surface area contributed by atoms with Crippen molar-refractivity contribution in [3.63, 3.8) is 0 Å². The van der Waals surface area contributed by atoms with Crippen molar-refractivity contribution in [3.05, 3.63) is 0 Å². The van der Waals surface area contributed by atoms with Gasteiger partial charge in [-0.05, 0) is 25.7 Å². The van der Waals surface area contributed by atoms with Gasteiger partial charge in [-0.25, -0.2) is 0 Å². The van der Waals surface area contributed by atoms with Crippen molar-refractivity contribution in [1.29, 1.82) is 0 Å². The van der Waals surface area contributed by atoms with E-state index in [1.807, 2.05) is 0 Å². The maximum Gasteiger partial charge on any atom is 0.211 e. The third-order valence-corrected chi connectivity index (χ3v) is 2.15. The zero-order valence-corrected chi connectivity index (χ0v) is 7.86. The maximum absolute atomic E-state index is 5.22. The van der Waals surface area contributed by atoms with Gasteiger partial charge in [-0.2, -0.15) is 5.10 Å². The third-order valence-electron chi connectivity index (χ3n) is 2.15. The van der Waals surface area contributed by atoms with Crippen molar-refractivity contribution in [3.8, 4) is 0 Å². The van der Waals surface area contributed by atoms with Crippen molar-refractivity contribution in [1.82, 2.24) is 0 Å². The minimum absolute atomic E-state index is 0.0152. The third kappa shape index (κ3) is 3.42. The quantitative estimate of drug-likeness (QED) is 0.365. The Kier molecular flexibility index (Phi) is 3.70. The van der Waals surface area contributed by atoms with Crippen LogP contribution in [0.1, 0.15) is 25.7 Å². The molecule has 4 N–H and O–H groups in total. The molecule has 0 bridgehead atoms. The van der Waals surface area contributed by atoms with Gasteiger partial charge in [-0.1, -0.05) is 0 Å². The van der Waals surface area contributed by atoms with Gasteiger partial charge < -0.3 is 16.2 Å². The van der Waals surface area contributed by atoms with Crippen molar-refractivity contribution in [2.75, 3.05) is 7.11 Å². The molecule has 1 fully saturated rings. The molecule has 0 atom stereocenters. The van der Waals surface area contributed by atoms with Crippen LogP contribution in [-0.2, 0) is 4.74 Å². The predicted octanol–water partition coefficient (Wildman–Crippen LogP) is 0.205. The molecule has 5 nitrogen and oxygen atoms in total. The van der Waals surface area contributed by atoms with Gasteiger partial charge in [-0.15, -0.1) is 5.10 Å². The first-order valence-corrected chi connectivity index (χ1v) is 4.39. The summed E-state index contributed by atoms with van der Waals surface area (Å²) in [6, 6.07) is 0. The molecular weight excluding hydrogens is 168 g/mol. The van der Waals surface area contributed by atoms with Gasteiger partial charge in [0.25, 0.3) is 0 Å². The summed E-state index contributed by atoms with van der Waals surface area (Å²) in [7, 11) is 1.74. The fourth-order valence-electron chi connectivity index (χ4n) is 1.39. The van der Waals surface area contributed by atoms with Crippen molar-refractivity contribution < 1.29 is 4.74 Å². The minimum Gasteiger partial charge on any atom is -0.381 e. The second kappa shape index (κ2) is 4.81. The summed E-state index contributed by atoms with van der Waals surface area (Å²) >= 11 is 0. The van der Waals surface area contributed by atoms with Gasteiger partial charge in [0.05, 0.1) is 6.10 Å². The van der Waals surface area contributed by atoms with E-state index in [4.69, 9.17) is 16.2 Å². The van der Waals surface area contributed by atoms with Crippen molar-refractivity contribution >= 4 is 11.7 Å². The molecule has 0 aromatic carbocycles. The molecule has 0 amide bonds. The molecule has 0 heterocycles. The fourth-order valence-corrected chi connectivity index (χ4v) is 1.39. The lowest BCUT2D eigenvalue weighted by molar-refractivity contribution is 0.0863. The SMILES string of the molecule is COC1CCC(=NN=C(N)N)CC1. The van der Waals surface area contributed by atoms with Gasteiger partial charge in [0, 0.05) is 12.8 Å². The van der Waals surface area contributed by atoms with Gasteiger partial charge in [0.2, 0.25) is 5.96 Å². The van der Waals surface area contributed by atoms with E-state index < -0.39 is 0 Å². The van der Waals surface area contributed by atoms with Crippen LogP contribution >= 0.6 is 0 Å². The van der Waals surface area contributed by atoms with E-state index in [9.17, 15) is 0 Å². The fraction of sp³-hybridized carbons (Fsp3) is 0.750. The first-order valence-electron chi connectivity index (χ1n) is 4.39. The van der Waals surface area contributed by atoms with Crippen LogP contribution in [0.2, 0.25) is 0 Å². The number of nitrogens with zero attached hydrogens (tertiary/aromatic N) is 2. The Balaban J connectivity index is 2.40. The Bertz CT molecular complexity index is 210. The number of ether oxygens (including phenoxy) is 1. The number of hydrogen-bond donors (Lipinski definition) is 2. The van der Waals surface area contributed by atoms with E-state index in [1.54, 1.807) is 7.11 Å². The number of guanidine groups is 1. The molecule has 0 aliphatic heterocycles. The Morgan fingerprint density at radius 3 is 2.46 bits per heavy atom. The van der Waals surface area contributed by atoms with Crippen molar-refractivity contribution in [2.24, 2.45) is 21.7 Å². The molecule has 1 saturated carbocycles. The first kappa shape index (κ1) is 9.98. The Labute approximate surface area is 77.8 Å². The highest BCUT2D eigenvalue weighted by Gasteiger charge is 2.16. The highest BCUT2D eigenvalue weighted by atomic mass is 16.5. The number of rotatable bonds is 2. The summed E-state index contributed by atoms with van der Waals surface area (Å²) in [5.74, 6) is 0.0152. The molecular formula is C8H16N4O. The number of methoxy groups -OCH3 is 1. The van der Waals surface area contributed by atoms with E-state index in [2.05, 4.69) is 10.2 Å². The molecule has 0 radical (unpaired) electrons.